The van der Waals surface area contributed by atoms with Gasteiger partial charge in [0.15, 0.2) is 0 Å². The van der Waals surface area contributed by atoms with Crippen molar-refractivity contribution in [2.75, 3.05) is 14.2 Å². The van der Waals surface area contributed by atoms with Crippen LogP contribution in [0.25, 0.3) is 0 Å². The quantitative estimate of drug-likeness (QED) is 0.751. The summed E-state index contributed by atoms with van der Waals surface area (Å²) in [5, 5.41) is 0. The summed E-state index contributed by atoms with van der Waals surface area (Å²) in [5.74, 6) is -2.70. The van der Waals surface area contributed by atoms with Crippen LogP contribution in [0.3, 0.4) is 0 Å². The topological polar surface area (TPSA) is 48.4 Å². The Bertz CT molecular complexity index is 409. The fourth-order valence-corrected chi connectivity index (χ4v) is 1.08. The molecule has 0 radical (unpaired) electrons. The molecule has 0 aliphatic heterocycles. The van der Waals surface area contributed by atoms with Gasteiger partial charge < -0.3 is 9.47 Å². The lowest BCUT2D eigenvalue weighted by Gasteiger charge is -2.09. The van der Waals surface area contributed by atoms with Crippen molar-refractivity contribution in [3.8, 4) is 5.88 Å². The largest absolute Gasteiger partial charge is 0.481 e. The number of rotatable bonds is 3. The van der Waals surface area contributed by atoms with Crippen molar-refractivity contribution in [1.29, 1.82) is 0 Å². The molecule has 0 aliphatic carbocycles. The van der Waals surface area contributed by atoms with Crippen molar-refractivity contribution in [3.63, 3.8) is 0 Å². The molecule has 0 N–H and O–H groups in total. The maximum absolute atomic E-state index is 13.3. The molecule has 4 nitrogen and oxygen atoms in total. The number of aromatic nitrogens is 1. The minimum Gasteiger partial charge on any atom is -0.481 e. The Kier molecular flexibility index (Phi) is 3.70. The second-order valence-corrected chi connectivity index (χ2v) is 2.70. The van der Waals surface area contributed by atoms with Gasteiger partial charge in [0.2, 0.25) is 5.88 Å². The number of nitrogens with zero attached hydrogens (tertiary/aromatic N) is 1. The molecular weight excluding hydrogens is 227 g/mol. The van der Waals surface area contributed by atoms with Crippen LogP contribution in [-0.2, 0) is 4.74 Å². The molecule has 0 aromatic carbocycles. The first-order valence-electron chi connectivity index (χ1n) is 4.12. The number of ether oxygens (including phenoxy) is 2. The zero-order valence-corrected chi connectivity index (χ0v) is 8.46. The van der Waals surface area contributed by atoms with E-state index >= 15 is 0 Å². The third-order valence-electron chi connectivity index (χ3n) is 1.78. The third kappa shape index (κ3) is 2.23. The number of carbonyl (C=O) groups is 1. The Labute approximate surface area is 89.0 Å². The van der Waals surface area contributed by atoms with E-state index in [1.807, 2.05) is 0 Å². The van der Waals surface area contributed by atoms with Gasteiger partial charge in [0, 0.05) is 6.07 Å². The zero-order valence-electron chi connectivity index (χ0n) is 8.46. The SMILES string of the molecule is COC(=O)c1c(F)cc(OC)nc1C(F)F. The summed E-state index contributed by atoms with van der Waals surface area (Å²) in [6, 6.07) is 0.734. The van der Waals surface area contributed by atoms with Crippen LogP contribution in [0.5, 0.6) is 5.88 Å². The number of hydrogen-bond acceptors (Lipinski definition) is 4. The van der Waals surface area contributed by atoms with E-state index in [0.29, 0.717) is 0 Å². The van der Waals surface area contributed by atoms with Gasteiger partial charge >= 0.3 is 5.97 Å². The minimum atomic E-state index is -3.10. The van der Waals surface area contributed by atoms with Crippen LogP contribution in [0.4, 0.5) is 13.2 Å². The summed E-state index contributed by atoms with van der Waals surface area (Å²) < 4.78 is 47.1. The molecule has 0 saturated heterocycles. The number of halogens is 3. The Morgan fingerprint density at radius 2 is 2.06 bits per heavy atom. The molecular formula is C9H8F3NO3. The summed E-state index contributed by atoms with van der Waals surface area (Å²) in [4.78, 5) is 14.4. The summed E-state index contributed by atoms with van der Waals surface area (Å²) in [7, 11) is 2.11. The van der Waals surface area contributed by atoms with Gasteiger partial charge in [-0.05, 0) is 0 Å². The summed E-state index contributed by atoms with van der Waals surface area (Å²) in [6.45, 7) is 0. The van der Waals surface area contributed by atoms with E-state index in [-0.39, 0.29) is 5.88 Å². The molecule has 0 aliphatic rings. The number of hydrogen-bond donors (Lipinski definition) is 0. The van der Waals surface area contributed by atoms with E-state index in [2.05, 4.69) is 14.5 Å². The van der Waals surface area contributed by atoms with Gasteiger partial charge in [-0.25, -0.2) is 22.9 Å². The first kappa shape index (κ1) is 12.3. The molecule has 1 aromatic heterocycles. The molecule has 0 atom stereocenters. The first-order valence-corrected chi connectivity index (χ1v) is 4.12. The van der Waals surface area contributed by atoms with Gasteiger partial charge in [-0.15, -0.1) is 0 Å². The van der Waals surface area contributed by atoms with Crippen LogP contribution < -0.4 is 4.74 Å². The molecule has 0 fully saturated rings. The molecule has 0 amide bonds. The highest BCUT2D eigenvalue weighted by molar-refractivity contribution is 5.91. The second-order valence-electron chi connectivity index (χ2n) is 2.70. The molecule has 0 unspecified atom stereocenters. The predicted octanol–water partition coefficient (Wildman–Crippen LogP) is 1.95. The van der Waals surface area contributed by atoms with Crippen LogP contribution in [-0.4, -0.2) is 25.2 Å². The maximum Gasteiger partial charge on any atom is 0.342 e. The number of esters is 1. The smallest absolute Gasteiger partial charge is 0.342 e. The van der Waals surface area contributed by atoms with Gasteiger partial charge in [0.1, 0.15) is 17.1 Å². The van der Waals surface area contributed by atoms with E-state index in [9.17, 15) is 18.0 Å². The van der Waals surface area contributed by atoms with Crippen molar-refractivity contribution < 1.29 is 27.4 Å². The normalized spacial score (nSPS) is 10.4. The van der Waals surface area contributed by atoms with Crippen molar-refractivity contribution >= 4 is 5.97 Å². The van der Waals surface area contributed by atoms with Crippen molar-refractivity contribution in [1.82, 2.24) is 4.98 Å². The van der Waals surface area contributed by atoms with Crippen LogP contribution >= 0.6 is 0 Å². The number of alkyl halides is 2. The van der Waals surface area contributed by atoms with E-state index in [4.69, 9.17) is 0 Å². The van der Waals surface area contributed by atoms with Gasteiger partial charge in [-0.1, -0.05) is 0 Å². The Morgan fingerprint density at radius 3 is 2.50 bits per heavy atom. The van der Waals surface area contributed by atoms with Gasteiger partial charge in [-0.3, -0.25) is 0 Å². The van der Waals surface area contributed by atoms with Crippen LogP contribution in [0.1, 0.15) is 22.5 Å². The molecule has 1 aromatic rings. The fourth-order valence-electron chi connectivity index (χ4n) is 1.08. The van der Waals surface area contributed by atoms with Crippen LogP contribution in [0.2, 0.25) is 0 Å². The lowest BCUT2D eigenvalue weighted by molar-refractivity contribution is 0.0580. The lowest BCUT2D eigenvalue weighted by Crippen LogP contribution is -2.12. The minimum absolute atomic E-state index is 0.333. The molecule has 88 valence electrons. The van der Waals surface area contributed by atoms with Crippen molar-refractivity contribution in [2.45, 2.75) is 6.43 Å². The second kappa shape index (κ2) is 4.82. The Balaban J connectivity index is 3.39. The predicted molar refractivity (Wildman–Crippen MR) is 47.0 cm³/mol. The molecule has 1 rings (SSSR count). The zero-order chi connectivity index (χ0) is 12.3. The molecule has 7 heteroatoms. The highest BCUT2D eigenvalue weighted by atomic mass is 19.3. The number of carbonyl (C=O) groups excluding carboxylic acids is 1. The summed E-state index contributed by atoms with van der Waals surface area (Å²) >= 11 is 0. The van der Waals surface area contributed by atoms with Crippen LogP contribution in [0.15, 0.2) is 6.07 Å². The van der Waals surface area contributed by atoms with Crippen LogP contribution in [0, 0.1) is 5.82 Å². The monoisotopic (exact) mass is 235 g/mol. The molecule has 16 heavy (non-hydrogen) atoms. The Morgan fingerprint density at radius 1 is 1.44 bits per heavy atom. The fraction of sp³-hybridized carbons (Fsp3) is 0.333. The number of methoxy groups -OCH3 is 2. The lowest BCUT2D eigenvalue weighted by atomic mass is 10.2. The Hall–Kier alpha value is -1.79. The van der Waals surface area contributed by atoms with Crippen molar-refractivity contribution in [2.24, 2.45) is 0 Å². The molecule has 1 heterocycles. The summed E-state index contributed by atoms with van der Waals surface area (Å²) in [5.41, 5.74) is -1.87. The standard InChI is InChI=1S/C9H8F3NO3/c1-15-5-3-4(10)6(9(14)16-2)7(13-5)8(11)12/h3,8H,1-2H3. The molecule has 0 bridgehead atoms. The highest BCUT2D eigenvalue weighted by Gasteiger charge is 2.26. The van der Waals surface area contributed by atoms with E-state index in [1.54, 1.807) is 0 Å². The van der Waals surface area contributed by atoms with E-state index < -0.39 is 29.5 Å². The third-order valence-corrected chi connectivity index (χ3v) is 1.78. The molecule has 0 spiro atoms. The van der Waals surface area contributed by atoms with Crippen molar-refractivity contribution in [3.05, 3.63) is 23.1 Å². The van der Waals surface area contributed by atoms with E-state index in [0.717, 1.165) is 20.3 Å². The van der Waals surface area contributed by atoms with Gasteiger partial charge in [-0.2, -0.15) is 0 Å². The van der Waals surface area contributed by atoms with E-state index in [1.165, 1.54) is 0 Å². The molecule has 0 saturated carbocycles. The number of pyridine rings is 1. The maximum atomic E-state index is 13.3. The first-order chi connectivity index (χ1) is 7.51. The average Bonchev–Trinajstić information content (AvgIpc) is 2.26. The van der Waals surface area contributed by atoms with Gasteiger partial charge in [0.25, 0.3) is 6.43 Å². The average molecular weight is 235 g/mol. The summed E-state index contributed by atoms with van der Waals surface area (Å²) in [6.07, 6.45) is -3.10. The van der Waals surface area contributed by atoms with Gasteiger partial charge in [0.05, 0.1) is 14.2 Å². The highest BCUT2D eigenvalue weighted by Crippen LogP contribution is 2.26.